The standard InChI is InChI=1S/C18H22F2N4/c1-13-5-8-21-12-16(13)23-15-6-9-24(10-7-15)17-4-3-14(11-22-17)18(2,19)20/h3-5,8,11-12,15,23H,6-7,9-10H2,1-2H3. The molecular formula is C18H22F2N4. The van der Waals surface area contributed by atoms with Gasteiger partial charge in [-0.2, -0.15) is 0 Å². The number of alkyl halides is 2. The van der Waals surface area contributed by atoms with Gasteiger partial charge in [0.25, 0.3) is 5.92 Å². The van der Waals surface area contributed by atoms with Crippen LogP contribution in [0.5, 0.6) is 0 Å². The van der Waals surface area contributed by atoms with Crippen LogP contribution < -0.4 is 10.2 Å². The third kappa shape index (κ3) is 3.80. The molecule has 1 N–H and O–H groups in total. The average molecular weight is 332 g/mol. The predicted octanol–water partition coefficient (Wildman–Crippen LogP) is 3.98. The van der Waals surface area contributed by atoms with Crippen LogP contribution in [0.3, 0.4) is 0 Å². The lowest BCUT2D eigenvalue weighted by atomic mass is 10.0. The number of hydrogen-bond acceptors (Lipinski definition) is 4. The van der Waals surface area contributed by atoms with Gasteiger partial charge in [-0.1, -0.05) is 0 Å². The van der Waals surface area contributed by atoms with Crippen LogP contribution in [0.25, 0.3) is 0 Å². The van der Waals surface area contributed by atoms with Crippen molar-refractivity contribution < 1.29 is 8.78 Å². The van der Waals surface area contributed by atoms with E-state index in [4.69, 9.17) is 0 Å². The zero-order chi connectivity index (χ0) is 17.2. The third-order valence-electron chi connectivity index (χ3n) is 4.47. The van der Waals surface area contributed by atoms with Gasteiger partial charge < -0.3 is 10.2 Å². The first-order valence-corrected chi connectivity index (χ1v) is 8.20. The molecular weight excluding hydrogens is 310 g/mol. The predicted molar refractivity (Wildman–Crippen MR) is 91.6 cm³/mol. The topological polar surface area (TPSA) is 41.1 Å². The maximum absolute atomic E-state index is 13.3. The molecule has 0 aromatic carbocycles. The molecule has 0 spiro atoms. The van der Waals surface area contributed by atoms with E-state index in [1.165, 1.54) is 17.8 Å². The van der Waals surface area contributed by atoms with Crippen molar-refractivity contribution >= 4 is 11.5 Å². The zero-order valence-corrected chi connectivity index (χ0v) is 14.0. The normalized spacial score (nSPS) is 16.2. The van der Waals surface area contributed by atoms with Crippen molar-refractivity contribution in [3.05, 3.63) is 47.9 Å². The van der Waals surface area contributed by atoms with Crippen LogP contribution in [0.1, 0.15) is 30.9 Å². The summed E-state index contributed by atoms with van der Waals surface area (Å²) in [5, 5.41) is 3.54. The minimum absolute atomic E-state index is 0.0464. The van der Waals surface area contributed by atoms with Gasteiger partial charge in [0.15, 0.2) is 0 Å². The van der Waals surface area contributed by atoms with E-state index in [2.05, 4.69) is 27.1 Å². The van der Waals surface area contributed by atoms with E-state index in [-0.39, 0.29) is 5.56 Å². The molecule has 3 rings (SSSR count). The maximum Gasteiger partial charge on any atom is 0.272 e. The second-order valence-electron chi connectivity index (χ2n) is 6.39. The number of nitrogens with one attached hydrogen (secondary N) is 1. The van der Waals surface area contributed by atoms with E-state index in [9.17, 15) is 8.78 Å². The van der Waals surface area contributed by atoms with Crippen molar-refractivity contribution in [3.63, 3.8) is 0 Å². The van der Waals surface area contributed by atoms with E-state index < -0.39 is 5.92 Å². The largest absolute Gasteiger partial charge is 0.381 e. The fourth-order valence-corrected chi connectivity index (χ4v) is 2.92. The van der Waals surface area contributed by atoms with Crippen LogP contribution in [0.2, 0.25) is 0 Å². The monoisotopic (exact) mass is 332 g/mol. The van der Waals surface area contributed by atoms with Crippen molar-refractivity contribution in [3.8, 4) is 0 Å². The molecule has 128 valence electrons. The van der Waals surface area contributed by atoms with Gasteiger partial charge in [0.2, 0.25) is 0 Å². The zero-order valence-electron chi connectivity index (χ0n) is 14.0. The highest BCUT2D eigenvalue weighted by molar-refractivity contribution is 5.49. The van der Waals surface area contributed by atoms with Gasteiger partial charge in [-0.05, 0) is 43.5 Å². The lowest BCUT2D eigenvalue weighted by molar-refractivity contribution is 0.0171. The SMILES string of the molecule is Cc1ccncc1NC1CCN(c2ccc(C(C)(F)F)cn2)CC1. The first kappa shape index (κ1) is 16.6. The Hall–Kier alpha value is -2.24. The Kier molecular flexibility index (Phi) is 4.64. The summed E-state index contributed by atoms with van der Waals surface area (Å²) < 4.78 is 26.5. The Morgan fingerprint density at radius 1 is 1.17 bits per heavy atom. The molecule has 0 atom stereocenters. The Bertz CT molecular complexity index is 674. The molecule has 0 bridgehead atoms. The number of halogens is 2. The second kappa shape index (κ2) is 6.71. The lowest BCUT2D eigenvalue weighted by Gasteiger charge is -2.34. The summed E-state index contributed by atoms with van der Waals surface area (Å²) >= 11 is 0. The van der Waals surface area contributed by atoms with Gasteiger partial charge in [-0.3, -0.25) is 4.98 Å². The summed E-state index contributed by atoms with van der Waals surface area (Å²) in [5.41, 5.74) is 2.21. The van der Waals surface area contributed by atoms with Crippen molar-refractivity contribution in [2.24, 2.45) is 0 Å². The van der Waals surface area contributed by atoms with Crippen LogP contribution >= 0.6 is 0 Å². The van der Waals surface area contributed by atoms with Crippen molar-refractivity contribution in [1.29, 1.82) is 0 Å². The van der Waals surface area contributed by atoms with Crippen molar-refractivity contribution in [1.82, 2.24) is 9.97 Å². The van der Waals surface area contributed by atoms with E-state index in [1.807, 2.05) is 12.3 Å². The Morgan fingerprint density at radius 2 is 1.92 bits per heavy atom. The number of anilines is 2. The molecule has 1 saturated heterocycles. The van der Waals surface area contributed by atoms with Crippen molar-refractivity contribution in [2.75, 3.05) is 23.3 Å². The molecule has 4 nitrogen and oxygen atoms in total. The molecule has 0 unspecified atom stereocenters. The van der Waals surface area contributed by atoms with Crippen LogP contribution in [-0.2, 0) is 5.92 Å². The molecule has 0 amide bonds. The fourth-order valence-electron chi connectivity index (χ4n) is 2.92. The van der Waals surface area contributed by atoms with Gasteiger partial charge in [0.1, 0.15) is 5.82 Å². The average Bonchev–Trinajstić information content (AvgIpc) is 2.57. The molecule has 0 saturated carbocycles. The van der Waals surface area contributed by atoms with Gasteiger partial charge in [-0.25, -0.2) is 13.8 Å². The molecule has 24 heavy (non-hydrogen) atoms. The minimum Gasteiger partial charge on any atom is -0.381 e. The van der Waals surface area contributed by atoms with Gasteiger partial charge in [0.05, 0.1) is 11.9 Å². The van der Waals surface area contributed by atoms with E-state index in [0.29, 0.717) is 6.04 Å². The molecule has 1 aliphatic heterocycles. The highest BCUT2D eigenvalue weighted by atomic mass is 19.3. The molecule has 0 radical (unpaired) electrons. The van der Waals surface area contributed by atoms with Crippen LogP contribution in [0, 0.1) is 6.92 Å². The number of piperidine rings is 1. The first-order chi connectivity index (χ1) is 11.4. The Balaban J connectivity index is 1.58. The Labute approximate surface area is 140 Å². The number of hydrogen-bond donors (Lipinski definition) is 1. The van der Waals surface area contributed by atoms with Gasteiger partial charge in [0, 0.05) is 44.0 Å². The number of nitrogens with zero attached hydrogens (tertiary/aromatic N) is 3. The molecule has 2 aromatic heterocycles. The third-order valence-corrected chi connectivity index (χ3v) is 4.47. The van der Waals surface area contributed by atoms with Crippen LogP contribution in [0.4, 0.5) is 20.3 Å². The first-order valence-electron chi connectivity index (χ1n) is 8.20. The summed E-state index contributed by atoms with van der Waals surface area (Å²) in [4.78, 5) is 10.5. The second-order valence-corrected chi connectivity index (χ2v) is 6.39. The maximum atomic E-state index is 13.3. The minimum atomic E-state index is -2.84. The fraction of sp³-hybridized carbons (Fsp3) is 0.444. The smallest absolute Gasteiger partial charge is 0.272 e. The molecule has 3 heterocycles. The molecule has 1 aliphatic rings. The Morgan fingerprint density at radius 3 is 2.50 bits per heavy atom. The van der Waals surface area contributed by atoms with Crippen molar-refractivity contribution in [2.45, 2.75) is 38.7 Å². The van der Waals surface area contributed by atoms with E-state index in [1.54, 1.807) is 12.3 Å². The number of aromatic nitrogens is 2. The number of pyridine rings is 2. The quantitative estimate of drug-likeness (QED) is 0.919. The summed E-state index contributed by atoms with van der Waals surface area (Å²) in [6.45, 7) is 4.66. The lowest BCUT2D eigenvalue weighted by Crippen LogP contribution is -2.39. The summed E-state index contributed by atoms with van der Waals surface area (Å²) in [7, 11) is 0. The summed E-state index contributed by atoms with van der Waals surface area (Å²) in [5.74, 6) is -2.08. The molecule has 6 heteroatoms. The summed E-state index contributed by atoms with van der Waals surface area (Å²) in [6, 6.07) is 5.53. The summed E-state index contributed by atoms with van der Waals surface area (Å²) in [6.07, 6.45) is 6.87. The number of aryl methyl sites for hydroxylation is 1. The van der Waals surface area contributed by atoms with E-state index in [0.717, 1.165) is 44.4 Å². The van der Waals surface area contributed by atoms with Crippen LogP contribution in [-0.4, -0.2) is 29.1 Å². The van der Waals surface area contributed by atoms with Crippen LogP contribution in [0.15, 0.2) is 36.8 Å². The highest BCUT2D eigenvalue weighted by Crippen LogP contribution is 2.28. The molecule has 2 aromatic rings. The molecule has 1 fully saturated rings. The molecule has 0 aliphatic carbocycles. The number of rotatable bonds is 4. The van der Waals surface area contributed by atoms with Gasteiger partial charge >= 0.3 is 0 Å². The highest BCUT2D eigenvalue weighted by Gasteiger charge is 2.25. The van der Waals surface area contributed by atoms with E-state index >= 15 is 0 Å². The van der Waals surface area contributed by atoms with Gasteiger partial charge in [-0.15, -0.1) is 0 Å².